The van der Waals surface area contributed by atoms with Gasteiger partial charge in [-0.3, -0.25) is 0 Å². The average Bonchev–Trinajstić information content (AvgIpc) is 2.59. The Hall–Kier alpha value is -1.16. The number of fused-ring (bicyclic) bond motifs is 1. The van der Waals surface area contributed by atoms with E-state index in [4.69, 9.17) is 4.42 Å². The maximum Gasteiger partial charge on any atom is 0.295 e. The molecule has 1 heterocycles. The molecule has 0 aliphatic carbocycles. The fourth-order valence-corrected chi connectivity index (χ4v) is 2.02. The Labute approximate surface area is 93.3 Å². The monoisotopic (exact) mass is 222 g/mol. The Balaban J connectivity index is 2.15. The third kappa shape index (κ3) is 2.45. The second-order valence-corrected chi connectivity index (χ2v) is 4.40. The second-order valence-electron chi connectivity index (χ2n) is 3.49. The molecule has 0 fully saturated rings. The summed E-state index contributed by atoms with van der Waals surface area (Å²) in [5, 5.41) is 3.23. The lowest BCUT2D eigenvalue weighted by Crippen LogP contribution is -2.17. The summed E-state index contributed by atoms with van der Waals surface area (Å²) in [6.07, 6.45) is 2.09. The fourth-order valence-electron chi connectivity index (χ4n) is 1.44. The van der Waals surface area contributed by atoms with E-state index in [1.54, 1.807) is 11.8 Å². The number of benzene rings is 1. The van der Waals surface area contributed by atoms with Crippen LogP contribution in [0.25, 0.3) is 11.1 Å². The van der Waals surface area contributed by atoms with Crippen molar-refractivity contribution in [3.05, 3.63) is 24.3 Å². The summed E-state index contributed by atoms with van der Waals surface area (Å²) in [5.74, 6) is 1.04. The van der Waals surface area contributed by atoms with Crippen molar-refractivity contribution in [1.29, 1.82) is 0 Å². The van der Waals surface area contributed by atoms with Gasteiger partial charge in [0.25, 0.3) is 6.01 Å². The molecule has 0 saturated heterocycles. The van der Waals surface area contributed by atoms with E-state index in [0.29, 0.717) is 12.1 Å². The molecule has 3 nitrogen and oxygen atoms in total. The Morgan fingerprint density at radius 2 is 2.27 bits per heavy atom. The normalized spacial score (nSPS) is 12.9. The van der Waals surface area contributed by atoms with E-state index in [-0.39, 0.29) is 0 Å². The molecule has 2 rings (SSSR count). The van der Waals surface area contributed by atoms with Crippen LogP contribution in [-0.2, 0) is 0 Å². The summed E-state index contributed by atoms with van der Waals surface area (Å²) in [6, 6.07) is 8.75. The highest BCUT2D eigenvalue weighted by molar-refractivity contribution is 7.98. The second kappa shape index (κ2) is 4.57. The lowest BCUT2D eigenvalue weighted by molar-refractivity contribution is 0.606. The van der Waals surface area contributed by atoms with Crippen LogP contribution < -0.4 is 5.32 Å². The van der Waals surface area contributed by atoms with Crippen LogP contribution in [-0.4, -0.2) is 23.0 Å². The number of hydrogen-bond acceptors (Lipinski definition) is 4. The molecule has 0 amide bonds. The minimum atomic E-state index is 0.369. The van der Waals surface area contributed by atoms with Crippen LogP contribution >= 0.6 is 11.8 Å². The smallest absolute Gasteiger partial charge is 0.295 e. The molecule has 1 unspecified atom stereocenters. The highest BCUT2D eigenvalue weighted by Crippen LogP contribution is 2.18. The first-order valence-corrected chi connectivity index (χ1v) is 6.30. The number of nitrogens with zero attached hydrogens (tertiary/aromatic N) is 1. The number of rotatable bonds is 4. The third-order valence-corrected chi connectivity index (χ3v) is 2.91. The van der Waals surface area contributed by atoms with E-state index in [9.17, 15) is 0 Å². The lowest BCUT2D eigenvalue weighted by Gasteiger charge is -2.09. The van der Waals surface area contributed by atoms with Gasteiger partial charge in [0.05, 0.1) is 0 Å². The van der Waals surface area contributed by atoms with E-state index >= 15 is 0 Å². The number of nitrogens with one attached hydrogen (secondary N) is 1. The first-order chi connectivity index (χ1) is 7.29. The molecule has 1 N–H and O–H groups in total. The number of anilines is 1. The van der Waals surface area contributed by atoms with Crippen LogP contribution in [0.5, 0.6) is 0 Å². The standard InChI is InChI=1S/C11H14N2OS/c1-8(7-15-2)12-11-13-9-5-3-4-6-10(9)14-11/h3-6,8H,7H2,1-2H3,(H,12,13). The number of thioether (sulfide) groups is 1. The van der Waals surface area contributed by atoms with Gasteiger partial charge in [-0.1, -0.05) is 12.1 Å². The Kier molecular flexibility index (Phi) is 3.16. The van der Waals surface area contributed by atoms with E-state index in [1.165, 1.54) is 0 Å². The van der Waals surface area contributed by atoms with Crippen molar-refractivity contribution in [2.24, 2.45) is 0 Å². The molecule has 0 radical (unpaired) electrons. The summed E-state index contributed by atoms with van der Waals surface area (Å²) in [4.78, 5) is 4.35. The molecular weight excluding hydrogens is 208 g/mol. The fraction of sp³-hybridized carbons (Fsp3) is 0.364. The number of aromatic nitrogens is 1. The summed E-state index contributed by atoms with van der Waals surface area (Å²) in [7, 11) is 0. The summed E-state index contributed by atoms with van der Waals surface area (Å²) < 4.78 is 5.55. The molecule has 1 aromatic heterocycles. The topological polar surface area (TPSA) is 38.1 Å². The predicted molar refractivity (Wildman–Crippen MR) is 65.5 cm³/mol. The van der Waals surface area contributed by atoms with Crippen molar-refractivity contribution in [2.45, 2.75) is 13.0 Å². The van der Waals surface area contributed by atoms with Crippen molar-refractivity contribution in [1.82, 2.24) is 4.98 Å². The first kappa shape index (κ1) is 10.4. The van der Waals surface area contributed by atoms with Crippen LogP contribution in [0.1, 0.15) is 6.92 Å². The molecule has 4 heteroatoms. The van der Waals surface area contributed by atoms with Crippen LogP contribution in [0.3, 0.4) is 0 Å². The molecule has 1 atom stereocenters. The molecular formula is C11H14N2OS. The molecule has 0 aliphatic heterocycles. The minimum Gasteiger partial charge on any atom is -0.424 e. The molecule has 0 bridgehead atoms. The summed E-state index contributed by atoms with van der Waals surface area (Å²) >= 11 is 1.80. The summed E-state index contributed by atoms with van der Waals surface area (Å²) in [6.45, 7) is 2.12. The molecule has 0 saturated carbocycles. The van der Waals surface area contributed by atoms with Crippen molar-refractivity contribution in [3.8, 4) is 0 Å². The van der Waals surface area contributed by atoms with E-state index in [0.717, 1.165) is 16.9 Å². The molecule has 80 valence electrons. The zero-order chi connectivity index (χ0) is 10.7. The van der Waals surface area contributed by atoms with E-state index < -0.39 is 0 Å². The van der Waals surface area contributed by atoms with E-state index in [1.807, 2.05) is 24.3 Å². The third-order valence-electron chi connectivity index (χ3n) is 2.08. The molecule has 15 heavy (non-hydrogen) atoms. The average molecular weight is 222 g/mol. The van der Waals surface area contributed by atoms with Crippen LogP contribution in [0.4, 0.5) is 6.01 Å². The van der Waals surface area contributed by atoms with E-state index in [2.05, 4.69) is 23.5 Å². The quantitative estimate of drug-likeness (QED) is 0.863. The molecule has 0 spiro atoms. The Morgan fingerprint density at radius 1 is 1.47 bits per heavy atom. The maximum absolute atomic E-state index is 5.55. The summed E-state index contributed by atoms with van der Waals surface area (Å²) in [5.41, 5.74) is 1.73. The zero-order valence-electron chi connectivity index (χ0n) is 8.86. The van der Waals surface area contributed by atoms with Gasteiger partial charge in [-0.25, -0.2) is 0 Å². The number of hydrogen-bond donors (Lipinski definition) is 1. The van der Waals surface area contributed by atoms with Crippen molar-refractivity contribution >= 4 is 28.9 Å². The SMILES string of the molecule is CSCC(C)Nc1nc2ccccc2o1. The van der Waals surface area contributed by atoms with Gasteiger partial charge in [0, 0.05) is 11.8 Å². The minimum absolute atomic E-state index is 0.369. The van der Waals surface area contributed by atoms with Crippen molar-refractivity contribution < 1.29 is 4.42 Å². The highest BCUT2D eigenvalue weighted by Gasteiger charge is 2.07. The van der Waals surface area contributed by atoms with Gasteiger partial charge in [0.15, 0.2) is 5.58 Å². The lowest BCUT2D eigenvalue weighted by atomic mass is 10.3. The first-order valence-electron chi connectivity index (χ1n) is 4.90. The van der Waals surface area contributed by atoms with Crippen LogP contribution in [0, 0.1) is 0 Å². The Bertz CT molecular complexity index is 408. The largest absolute Gasteiger partial charge is 0.424 e. The molecule has 1 aromatic carbocycles. The Morgan fingerprint density at radius 3 is 3.00 bits per heavy atom. The van der Waals surface area contributed by atoms with Crippen LogP contribution in [0.2, 0.25) is 0 Å². The van der Waals surface area contributed by atoms with Gasteiger partial charge in [-0.2, -0.15) is 16.7 Å². The number of para-hydroxylation sites is 2. The van der Waals surface area contributed by atoms with Gasteiger partial charge < -0.3 is 9.73 Å². The predicted octanol–water partition coefficient (Wildman–Crippen LogP) is 2.99. The van der Waals surface area contributed by atoms with Crippen LogP contribution in [0.15, 0.2) is 28.7 Å². The van der Waals surface area contributed by atoms with Gasteiger partial charge in [-0.15, -0.1) is 0 Å². The maximum atomic E-state index is 5.55. The number of oxazole rings is 1. The molecule has 2 aromatic rings. The van der Waals surface area contributed by atoms with Gasteiger partial charge in [0.2, 0.25) is 0 Å². The van der Waals surface area contributed by atoms with Crippen molar-refractivity contribution in [3.63, 3.8) is 0 Å². The van der Waals surface area contributed by atoms with Crippen molar-refractivity contribution in [2.75, 3.05) is 17.3 Å². The van der Waals surface area contributed by atoms with Gasteiger partial charge in [0.1, 0.15) is 5.52 Å². The van der Waals surface area contributed by atoms with Gasteiger partial charge in [-0.05, 0) is 25.3 Å². The molecule has 0 aliphatic rings. The zero-order valence-corrected chi connectivity index (χ0v) is 9.67. The van der Waals surface area contributed by atoms with Gasteiger partial charge >= 0.3 is 0 Å². The highest BCUT2D eigenvalue weighted by atomic mass is 32.2.